The first-order chi connectivity index (χ1) is 19.7. The fraction of sp³-hybridized carbons (Fsp3) is 0.0588. The highest BCUT2D eigenvalue weighted by atomic mass is 15.1. The Bertz CT molecular complexity index is 1990. The van der Waals surface area contributed by atoms with E-state index < -0.39 is 0 Å². The summed E-state index contributed by atoms with van der Waals surface area (Å²) in [5, 5.41) is 4.42. The zero-order valence-electron chi connectivity index (χ0n) is 22.1. The summed E-state index contributed by atoms with van der Waals surface area (Å²) in [7, 11) is 0. The second-order valence-corrected chi connectivity index (χ2v) is 10.2. The van der Waals surface area contributed by atoms with Gasteiger partial charge in [0.05, 0.1) is 0 Å². The number of nitrogens with zero attached hydrogens (tertiary/aromatic N) is 6. The fourth-order valence-electron chi connectivity index (χ4n) is 6.01. The standard InChI is InChI=1S/C34H24N6/c1-21-19-23(39-31-27(7-3-15-35-31)28-8-4-16-36-32(28)39)11-13-25(21)26-14-12-24(20-22(26)2)40-33-29(9-5-17-37-33)30-10-6-18-38-34(30)40/h3-20H,1-2H3. The molecule has 6 heteroatoms. The monoisotopic (exact) mass is 516 g/mol. The van der Waals surface area contributed by atoms with Crippen LogP contribution in [0, 0.1) is 13.8 Å². The van der Waals surface area contributed by atoms with E-state index in [1.165, 1.54) is 22.3 Å². The first kappa shape index (κ1) is 22.6. The highest BCUT2D eigenvalue weighted by Gasteiger charge is 2.17. The molecule has 0 radical (unpaired) electrons. The molecule has 6 heterocycles. The maximum Gasteiger partial charge on any atom is 0.146 e. The SMILES string of the molecule is Cc1cc(-n2c3ncccc3c3cccnc32)ccc1-c1ccc(-n2c3ncccc3c3cccnc32)cc1C. The number of rotatable bonds is 3. The van der Waals surface area contributed by atoms with Gasteiger partial charge in [0.15, 0.2) is 0 Å². The highest BCUT2D eigenvalue weighted by molar-refractivity contribution is 6.07. The van der Waals surface area contributed by atoms with Crippen LogP contribution >= 0.6 is 0 Å². The molecular formula is C34H24N6. The third-order valence-electron chi connectivity index (χ3n) is 7.80. The van der Waals surface area contributed by atoms with Gasteiger partial charge in [0.1, 0.15) is 22.6 Å². The first-order valence-corrected chi connectivity index (χ1v) is 13.3. The summed E-state index contributed by atoms with van der Waals surface area (Å²) in [5.74, 6) is 0. The predicted molar refractivity (Wildman–Crippen MR) is 161 cm³/mol. The van der Waals surface area contributed by atoms with Crippen molar-refractivity contribution >= 4 is 44.1 Å². The lowest BCUT2D eigenvalue weighted by Crippen LogP contribution is -1.99. The van der Waals surface area contributed by atoms with Gasteiger partial charge in [0, 0.05) is 57.7 Å². The molecule has 2 aromatic carbocycles. The van der Waals surface area contributed by atoms with E-state index in [1.807, 2.05) is 49.1 Å². The van der Waals surface area contributed by atoms with E-state index in [2.05, 4.69) is 83.6 Å². The molecule has 0 aliphatic heterocycles. The normalized spacial score (nSPS) is 11.8. The molecule has 0 amide bonds. The third-order valence-corrected chi connectivity index (χ3v) is 7.80. The number of aryl methyl sites for hydroxylation is 2. The molecule has 0 saturated carbocycles. The summed E-state index contributed by atoms with van der Waals surface area (Å²) in [6.45, 7) is 4.34. The van der Waals surface area contributed by atoms with E-state index in [-0.39, 0.29) is 0 Å². The molecule has 0 bridgehead atoms. The Morgan fingerprint density at radius 1 is 0.425 bits per heavy atom. The van der Waals surface area contributed by atoms with E-state index in [0.717, 1.165) is 55.5 Å². The molecule has 6 aromatic heterocycles. The van der Waals surface area contributed by atoms with Gasteiger partial charge in [-0.1, -0.05) is 12.1 Å². The van der Waals surface area contributed by atoms with Crippen molar-refractivity contribution < 1.29 is 0 Å². The summed E-state index contributed by atoms with van der Waals surface area (Å²) < 4.78 is 4.30. The minimum absolute atomic E-state index is 0.914. The van der Waals surface area contributed by atoms with Crippen LogP contribution < -0.4 is 0 Å². The van der Waals surface area contributed by atoms with Crippen molar-refractivity contribution in [1.29, 1.82) is 0 Å². The van der Waals surface area contributed by atoms with Crippen LogP contribution in [0.5, 0.6) is 0 Å². The molecule has 0 fully saturated rings. The van der Waals surface area contributed by atoms with E-state index >= 15 is 0 Å². The van der Waals surface area contributed by atoms with Crippen molar-refractivity contribution in [1.82, 2.24) is 29.1 Å². The smallest absolute Gasteiger partial charge is 0.146 e. The maximum atomic E-state index is 4.71. The van der Waals surface area contributed by atoms with Crippen molar-refractivity contribution in [2.75, 3.05) is 0 Å². The van der Waals surface area contributed by atoms with Crippen LogP contribution in [0.3, 0.4) is 0 Å². The van der Waals surface area contributed by atoms with Crippen molar-refractivity contribution in [3.05, 3.63) is 121 Å². The molecule has 8 rings (SSSR count). The van der Waals surface area contributed by atoms with Gasteiger partial charge in [-0.2, -0.15) is 0 Å². The number of hydrogen-bond acceptors (Lipinski definition) is 4. The maximum absolute atomic E-state index is 4.71. The van der Waals surface area contributed by atoms with Crippen molar-refractivity contribution in [2.45, 2.75) is 13.8 Å². The Morgan fingerprint density at radius 3 is 1.05 bits per heavy atom. The molecule has 0 saturated heterocycles. The number of hydrogen-bond donors (Lipinski definition) is 0. The molecule has 8 aromatic rings. The van der Waals surface area contributed by atoms with Crippen LogP contribution in [0.2, 0.25) is 0 Å². The Balaban J connectivity index is 1.25. The van der Waals surface area contributed by atoms with E-state index in [0.29, 0.717) is 0 Å². The minimum atomic E-state index is 0.914. The van der Waals surface area contributed by atoms with Crippen LogP contribution in [-0.2, 0) is 0 Å². The Hall–Kier alpha value is -5.36. The molecule has 0 N–H and O–H groups in total. The lowest BCUT2D eigenvalue weighted by Gasteiger charge is -2.15. The van der Waals surface area contributed by atoms with Gasteiger partial charge in [-0.05, 0) is 109 Å². The number of aromatic nitrogens is 6. The summed E-state index contributed by atoms with van der Waals surface area (Å²) >= 11 is 0. The molecule has 0 unspecified atom stereocenters. The van der Waals surface area contributed by atoms with Crippen LogP contribution in [0.15, 0.2) is 110 Å². The molecule has 0 spiro atoms. The summed E-state index contributed by atoms with van der Waals surface area (Å²) in [4.78, 5) is 18.8. The van der Waals surface area contributed by atoms with Crippen LogP contribution in [0.4, 0.5) is 0 Å². The number of benzene rings is 2. The molecule has 6 nitrogen and oxygen atoms in total. The molecule has 0 atom stereocenters. The Kier molecular flexibility index (Phi) is 4.85. The van der Waals surface area contributed by atoms with Gasteiger partial charge in [0.2, 0.25) is 0 Å². The topological polar surface area (TPSA) is 61.4 Å². The van der Waals surface area contributed by atoms with Crippen molar-refractivity contribution in [3.63, 3.8) is 0 Å². The van der Waals surface area contributed by atoms with Gasteiger partial charge >= 0.3 is 0 Å². The lowest BCUT2D eigenvalue weighted by molar-refractivity contribution is 1.09. The van der Waals surface area contributed by atoms with E-state index in [1.54, 1.807) is 0 Å². The zero-order valence-corrected chi connectivity index (χ0v) is 22.1. The van der Waals surface area contributed by atoms with E-state index in [9.17, 15) is 0 Å². The van der Waals surface area contributed by atoms with Gasteiger partial charge in [-0.3, -0.25) is 9.13 Å². The minimum Gasteiger partial charge on any atom is -0.278 e. The predicted octanol–water partition coefficient (Wildman–Crippen LogP) is 7.74. The average Bonchev–Trinajstić information content (AvgIpc) is 3.51. The third kappa shape index (κ3) is 3.23. The Labute approximate surface area is 230 Å². The van der Waals surface area contributed by atoms with Gasteiger partial charge < -0.3 is 0 Å². The highest BCUT2D eigenvalue weighted by Crippen LogP contribution is 2.35. The number of fused-ring (bicyclic) bond motifs is 6. The quantitative estimate of drug-likeness (QED) is 0.241. The lowest BCUT2D eigenvalue weighted by atomic mass is 9.95. The number of pyridine rings is 4. The van der Waals surface area contributed by atoms with Gasteiger partial charge in [-0.15, -0.1) is 0 Å². The van der Waals surface area contributed by atoms with Crippen LogP contribution in [-0.4, -0.2) is 29.1 Å². The average molecular weight is 517 g/mol. The van der Waals surface area contributed by atoms with Crippen molar-refractivity contribution in [3.8, 4) is 22.5 Å². The molecular weight excluding hydrogens is 492 g/mol. The van der Waals surface area contributed by atoms with Crippen LogP contribution in [0.1, 0.15) is 11.1 Å². The first-order valence-electron chi connectivity index (χ1n) is 13.3. The summed E-state index contributed by atoms with van der Waals surface area (Å²) in [6, 6.07) is 29.5. The zero-order chi connectivity index (χ0) is 26.8. The van der Waals surface area contributed by atoms with Gasteiger partial charge in [-0.25, -0.2) is 19.9 Å². The molecule has 0 aliphatic rings. The van der Waals surface area contributed by atoms with Crippen LogP contribution in [0.25, 0.3) is 66.6 Å². The molecule has 0 aliphatic carbocycles. The summed E-state index contributed by atoms with van der Waals surface area (Å²) in [6.07, 6.45) is 7.36. The van der Waals surface area contributed by atoms with E-state index in [4.69, 9.17) is 19.9 Å². The molecule has 40 heavy (non-hydrogen) atoms. The second kappa shape index (κ2) is 8.58. The Morgan fingerprint density at radius 2 is 0.750 bits per heavy atom. The fourth-order valence-corrected chi connectivity index (χ4v) is 6.01. The second-order valence-electron chi connectivity index (χ2n) is 10.2. The summed E-state index contributed by atoms with van der Waals surface area (Å²) in [5.41, 5.74) is 10.5. The largest absolute Gasteiger partial charge is 0.278 e. The van der Waals surface area contributed by atoms with Gasteiger partial charge in [0.25, 0.3) is 0 Å². The van der Waals surface area contributed by atoms with Crippen molar-refractivity contribution in [2.24, 2.45) is 0 Å². The molecule has 190 valence electrons.